The first-order chi connectivity index (χ1) is 24.6. The van der Waals surface area contributed by atoms with Gasteiger partial charge in [0, 0.05) is 0 Å². The lowest BCUT2D eigenvalue weighted by Gasteiger charge is -2.71. The molecule has 0 aromatic heterocycles. The quantitative estimate of drug-likeness (QED) is 0.182. The molecule has 0 saturated carbocycles. The van der Waals surface area contributed by atoms with Crippen molar-refractivity contribution in [2.45, 2.75) is 39.3 Å². The topological polar surface area (TPSA) is 9.72 Å². The van der Waals surface area contributed by atoms with Crippen molar-refractivity contribution in [1.29, 1.82) is 0 Å². The van der Waals surface area contributed by atoms with Gasteiger partial charge >= 0.3 is 0 Å². The van der Waals surface area contributed by atoms with E-state index in [0.717, 1.165) is 0 Å². The van der Waals surface area contributed by atoms with Crippen molar-refractivity contribution in [2.75, 3.05) is 0 Å². The van der Waals surface area contributed by atoms with E-state index in [4.69, 9.17) is 0 Å². The summed E-state index contributed by atoms with van der Waals surface area (Å²) in [5.74, 6) is 0. The molecular formula is C42H48N3Si6. The molecule has 6 aromatic carbocycles. The summed E-state index contributed by atoms with van der Waals surface area (Å²) in [7, 11) is -11.4. The van der Waals surface area contributed by atoms with Crippen molar-refractivity contribution in [3.63, 3.8) is 0 Å². The van der Waals surface area contributed by atoms with E-state index in [1.54, 1.807) is 0 Å². The molecule has 3 radical (unpaired) electrons. The summed E-state index contributed by atoms with van der Waals surface area (Å²) in [5.41, 5.74) is 0. The van der Waals surface area contributed by atoms with Crippen LogP contribution in [-0.4, -0.2) is 63.8 Å². The molecule has 1 heterocycles. The van der Waals surface area contributed by atoms with Gasteiger partial charge in [-0.05, 0) is 70.4 Å². The number of hydrogen-bond donors (Lipinski definition) is 0. The zero-order valence-corrected chi connectivity index (χ0v) is 36.7. The van der Waals surface area contributed by atoms with Gasteiger partial charge in [0.05, 0.1) is 0 Å². The Morgan fingerprint density at radius 2 is 0.392 bits per heavy atom. The largest absolute Gasteiger partial charge is 0.339 e. The van der Waals surface area contributed by atoms with Gasteiger partial charge in [0.1, 0.15) is 0 Å². The molecule has 1 aliphatic heterocycles. The number of rotatable bonds is 9. The lowest BCUT2D eigenvalue weighted by molar-refractivity contribution is 0.647. The molecule has 6 aromatic rings. The van der Waals surface area contributed by atoms with E-state index in [1.165, 1.54) is 31.1 Å². The van der Waals surface area contributed by atoms with Crippen molar-refractivity contribution < 1.29 is 0 Å². The van der Waals surface area contributed by atoms with E-state index in [0.29, 0.717) is 0 Å². The van der Waals surface area contributed by atoms with Gasteiger partial charge in [-0.15, -0.1) is 0 Å². The molecular weight excluding hydrogens is 715 g/mol. The molecule has 51 heavy (non-hydrogen) atoms. The number of hydrogen-bond acceptors (Lipinski definition) is 3. The van der Waals surface area contributed by atoms with Crippen LogP contribution in [0.15, 0.2) is 182 Å². The highest BCUT2D eigenvalue weighted by atomic mass is 28.6. The van der Waals surface area contributed by atoms with Crippen LogP contribution in [0.1, 0.15) is 0 Å². The number of benzene rings is 6. The molecule has 0 N–H and O–H groups in total. The molecule has 0 atom stereocenters. The van der Waals surface area contributed by atoms with E-state index in [9.17, 15) is 0 Å². The van der Waals surface area contributed by atoms with Crippen LogP contribution >= 0.6 is 0 Å². The van der Waals surface area contributed by atoms with Crippen molar-refractivity contribution in [3.05, 3.63) is 182 Å². The Balaban J connectivity index is 1.58. The highest BCUT2D eigenvalue weighted by molar-refractivity contribution is 7.21. The molecule has 1 saturated heterocycles. The second kappa shape index (κ2) is 14.9. The highest BCUT2D eigenvalue weighted by Gasteiger charge is 2.66. The van der Waals surface area contributed by atoms with Gasteiger partial charge in [-0.25, -0.2) is 0 Å². The zero-order valence-electron chi connectivity index (χ0n) is 30.7. The fourth-order valence-corrected chi connectivity index (χ4v) is 56.0. The molecule has 255 valence electrons. The van der Waals surface area contributed by atoms with Gasteiger partial charge in [-0.3, -0.25) is 0 Å². The molecule has 0 bridgehead atoms. The summed E-state index contributed by atoms with van der Waals surface area (Å²) in [6.45, 7) is 16.3. The molecule has 0 aliphatic carbocycles. The Morgan fingerprint density at radius 1 is 0.255 bits per heavy atom. The number of nitrogens with zero attached hydrogens (tertiary/aromatic N) is 3. The lowest BCUT2D eigenvalue weighted by atomic mass is 10.4. The van der Waals surface area contributed by atoms with Crippen molar-refractivity contribution >= 4 is 83.2 Å². The zero-order chi connectivity index (χ0) is 35.6. The van der Waals surface area contributed by atoms with Crippen LogP contribution < -0.4 is 31.1 Å². The van der Waals surface area contributed by atoms with E-state index < -0.39 is 52.1 Å². The first-order valence-electron chi connectivity index (χ1n) is 18.0. The maximum atomic E-state index is 3.26. The third-order valence-corrected chi connectivity index (χ3v) is 47.2. The Hall–Kier alpha value is -3.50. The van der Waals surface area contributed by atoms with Crippen LogP contribution in [0.25, 0.3) is 0 Å². The van der Waals surface area contributed by atoms with Gasteiger partial charge in [0.25, 0.3) is 0 Å². The predicted octanol–water partition coefficient (Wildman–Crippen LogP) is 5.43. The minimum absolute atomic E-state index is 1.39. The third kappa shape index (κ3) is 6.78. The van der Waals surface area contributed by atoms with Crippen LogP contribution in [-0.2, 0) is 0 Å². The average Bonchev–Trinajstić information content (AvgIpc) is 3.16. The molecule has 0 amide bonds. The first kappa shape index (κ1) is 35.9. The van der Waals surface area contributed by atoms with Crippen molar-refractivity contribution in [1.82, 2.24) is 11.7 Å². The minimum Gasteiger partial charge on any atom is -0.339 e. The Bertz CT molecular complexity index is 1630. The highest BCUT2D eigenvalue weighted by Crippen LogP contribution is 2.41. The Kier molecular flexibility index (Phi) is 10.5. The summed E-state index contributed by atoms with van der Waals surface area (Å²) in [6, 6.07) is 69.3. The fourth-order valence-electron chi connectivity index (χ4n) is 8.80. The van der Waals surface area contributed by atoms with Crippen LogP contribution in [0.5, 0.6) is 0 Å². The fraction of sp³-hybridized carbons (Fsp3) is 0.143. The molecule has 1 fully saturated rings. The van der Waals surface area contributed by atoms with Gasteiger partial charge in [0.15, 0.2) is 52.1 Å². The standard InChI is InChI=1S/C42H48N3Si6/c1-49(2)43(46(37-25-13-7-14-26-37)38-27-15-8-16-28-38)50(3,4)45(48(41-33-21-11-22-34-41)42-35-23-12-24-36-42)51(5,6)44(49)47(39-29-17-9-18-30-39)40-31-19-10-20-32-40/h7-36H,1-6H3. The second-order valence-electron chi connectivity index (χ2n) is 14.7. The second-order valence-corrected chi connectivity index (χ2v) is 37.3. The van der Waals surface area contributed by atoms with Crippen LogP contribution in [0, 0.1) is 0 Å². The summed E-state index contributed by atoms with van der Waals surface area (Å²) in [6.07, 6.45) is 0. The summed E-state index contributed by atoms with van der Waals surface area (Å²) in [5, 5.41) is 8.90. The first-order valence-corrected chi connectivity index (χ1v) is 31.0. The van der Waals surface area contributed by atoms with Gasteiger partial charge in [0.2, 0.25) is 0 Å². The van der Waals surface area contributed by atoms with Crippen LogP contribution in [0.2, 0.25) is 39.3 Å². The molecule has 1 aliphatic rings. The molecule has 9 heteroatoms. The SMILES string of the molecule is C[Si]1(C)N([Si](c2ccccc2)c2ccccc2)[Si](C)(C)N([Si](c2ccccc2)c2ccccc2)[Si](C)(C)N1[Si](c1ccccc1)c1ccccc1. The smallest absolute Gasteiger partial charge is 0.196 e. The van der Waals surface area contributed by atoms with Gasteiger partial charge < -0.3 is 11.7 Å². The van der Waals surface area contributed by atoms with Gasteiger partial charge in [-0.1, -0.05) is 182 Å². The maximum Gasteiger partial charge on any atom is 0.196 e. The summed E-state index contributed by atoms with van der Waals surface area (Å²) >= 11 is 0. The normalized spacial score (nSPS) is 17.6. The lowest BCUT2D eigenvalue weighted by Crippen LogP contribution is -2.98. The van der Waals surface area contributed by atoms with Crippen LogP contribution in [0.3, 0.4) is 0 Å². The van der Waals surface area contributed by atoms with E-state index in [2.05, 4.69) is 233 Å². The third-order valence-electron chi connectivity index (χ3n) is 10.2. The molecule has 3 nitrogen and oxygen atoms in total. The predicted molar refractivity (Wildman–Crippen MR) is 232 cm³/mol. The van der Waals surface area contributed by atoms with Crippen LogP contribution in [0.4, 0.5) is 0 Å². The molecule has 7 rings (SSSR count). The monoisotopic (exact) mass is 762 g/mol. The molecule has 0 unspecified atom stereocenters. The van der Waals surface area contributed by atoms with Crippen molar-refractivity contribution in [3.8, 4) is 0 Å². The van der Waals surface area contributed by atoms with E-state index >= 15 is 0 Å². The summed E-state index contributed by atoms with van der Waals surface area (Å²) < 4.78 is 9.79. The van der Waals surface area contributed by atoms with Gasteiger partial charge in [-0.2, -0.15) is 0 Å². The van der Waals surface area contributed by atoms with E-state index in [-0.39, 0.29) is 0 Å². The van der Waals surface area contributed by atoms with E-state index in [1.807, 2.05) is 0 Å². The average molecular weight is 763 g/mol. The Morgan fingerprint density at radius 3 is 0.529 bits per heavy atom. The Labute approximate surface area is 314 Å². The minimum atomic E-state index is -2.41. The molecule has 0 spiro atoms. The summed E-state index contributed by atoms with van der Waals surface area (Å²) in [4.78, 5) is 0. The maximum absolute atomic E-state index is 3.26. The van der Waals surface area contributed by atoms with Crippen molar-refractivity contribution in [2.24, 2.45) is 0 Å².